The summed E-state index contributed by atoms with van der Waals surface area (Å²) in [6.45, 7) is 0.00623. The van der Waals surface area contributed by atoms with Gasteiger partial charge < -0.3 is 10.0 Å². The van der Waals surface area contributed by atoms with E-state index in [1.807, 2.05) is 19.5 Å². The van der Waals surface area contributed by atoms with Crippen molar-refractivity contribution in [2.75, 3.05) is 19.0 Å². The van der Waals surface area contributed by atoms with E-state index >= 15 is 0 Å². The van der Waals surface area contributed by atoms with E-state index in [-0.39, 0.29) is 6.61 Å². The summed E-state index contributed by atoms with van der Waals surface area (Å²) in [4.78, 5) is 6.39. The second-order valence-electron chi connectivity index (χ2n) is 3.74. The topological polar surface area (TPSA) is 36.4 Å². The van der Waals surface area contributed by atoms with Gasteiger partial charge in [-0.2, -0.15) is 0 Å². The lowest BCUT2D eigenvalue weighted by molar-refractivity contribution is 0.278. The van der Waals surface area contributed by atoms with Crippen molar-refractivity contribution in [2.24, 2.45) is 0 Å². The van der Waals surface area contributed by atoms with Crippen LogP contribution in [0.4, 0.5) is 5.69 Å². The molecule has 2 rings (SSSR count). The Bertz CT molecular complexity index is 462. The van der Waals surface area contributed by atoms with E-state index in [0.717, 1.165) is 16.3 Å². The zero-order chi connectivity index (χ0) is 11.5. The third-order valence-electron chi connectivity index (χ3n) is 2.34. The first-order valence-corrected chi connectivity index (χ1v) is 5.91. The maximum Gasteiger partial charge on any atom is 0.123 e. The molecule has 0 fully saturated rings. The third-order valence-corrected chi connectivity index (χ3v) is 3.28. The molecule has 0 bridgehead atoms. The minimum atomic E-state index is 0.00623. The Kier molecular flexibility index (Phi) is 3.22. The number of hydrogen-bond acceptors (Lipinski definition) is 4. The molecule has 1 N–H and O–H groups in total. The number of aliphatic hydroxyl groups excluding tert-OH is 1. The maximum absolute atomic E-state index is 8.95. The highest BCUT2D eigenvalue weighted by Gasteiger charge is 2.04. The molecule has 0 saturated heterocycles. The molecule has 0 aliphatic heterocycles. The van der Waals surface area contributed by atoms with Gasteiger partial charge in [0.05, 0.1) is 12.3 Å². The van der Waals surface area contributed by atoms with Gasteiger partial charge in [-0.05, 0) is 24.3 Å². The zero-order valence-corrected chi connectivity index (χ0v) is 10.2. The fraction of sp³-hybridized carbons (Fsp3) is 0.250. The van der Waals surface area contributed by atoms with E-state index in [0.29, 0.717) is 0 Å². The SMILES string of the molecule is CN(C)c1ccc(-c2nc(CO)cs2)cc1. The number of rotatable bonds is 3. The van der Waals surface area contributed by atoms with E-state index in [4.69, 9.17) is 5.11 Å². The van der Waals surface area contributed by atoms with Crippen molar-refractivity contribution < 1.29 is 5.11 Å². The van der Waals surface area contributed by atoms with Crippen molar-refractivity contribution >= 4 is 17.0 Å². The van der Waals surface area contributed by atoms with Gasteiger partial charge in [-0.25, -0.2) is 4.98 Å². The molecule has 0 amide bonds. The summed E-state index contributed by atoms with van der Waals surface area (Å²) in [7, 11) is 4.03. The van der Waals surface area contributed by atoms with Crippen molar-refractivity contribution in [3.63, 3.8) is 0 Å². The van der Waals surface area contributed by atoms with Gasteiger partial charge in [0.15, 0.2) is 0 Å². The summed E-state index contributed by atoms with van der Waals surface area (Å²) in [5.74, 6) is 0. The maximum atomic E-state index is 8.95. The highest BCUT2D eigenvalue weighted by Crippen LogP contribution is 2.25. The fourth-order valence-electron chi connectivity index (χ4n) is 1.41. The summed E-state index contributed by atoms with van der Waals surface area (Å²) in [6, 6.07) is 8.23. The largest absolute Gasteiger partial charge is 0.390 e. The highest BCUT2D eigenvalue weighted by molar-refractivity contribution is 7.13. The summed E-state index contributed by atoms with van der Waals surface area (Å²) >= 11 is 1.56. The van der Waals surface area contributed by atoms with Crippen LogP contribution in [0.5, 0.6) is 0 Å². The Balaban J connectivity index is 2.27. The van der Waals surface area contributed by atoms with Crippen molar-refractivity contribution in [2.45, 2.75) is 6.61 Å². The molecular weight excluding hydrogens is 220 g/mol. The quantitative estimate of drug-likeness (QED) is 0.885. The minimum Gasteiger partial charge on any atom is -0.390 e. The van der Waals surface area contributed by atoms with E-state index in [1.165, 1.54) is 5.69 Å². The molecule has 4 heteroatoms. The van der Waals surface area contributed by atoms with Crippen molar-refractivity contribution in [3.05, 3.63) is 35.3 Å². The summed E-state index contributed by atoms with van der Waals surface area (Å²) in [5.41, 5.74) is 3.00. The molecule has 84 valence electrons. The molecule has 0 aliphatic rings. The molecule has 0 saturated carbocycles. The first-order valence-electron chi connectivity index (χ1n) is 5.03. The third kappa shape index (κ3) is 2.23. The normalized spacial score (nSPS) is 10.4. The molecule has 0 radical (unpaired) electrons. The Labute approximate surface area is 99.0 Å². The molecule has 0 aliphatic carbocycles. The molecule has 0 unspecified atom stereocenters. The lowest BCUT2D eigenvalue weighted by Crippen LogP contribution is -2.07. The van der Waals surface area contributed by atoms with Gasteiger partial charge in [0.2, 0.25) is 0 Å². The van der Waals surface area contributed by atoms with Crippen LogP contribution in [0, 0.1) is 0 Å². The van der Waals surface area contributed by atoms with Gasteiger partial charge in [0, 0.05) is 30.7 Å². The standard InChI is InChI=1S/C12H14N2OS/c1-14(2)11-5-3-9(4-6-11)12-13-10(7-15)8-16-12/h3-6,8,15H,7H2,1-2H3. The number of nitrogens with zero attached hydrogens (tertiary/aromatic N) is 2. The molecule has 3 nitrogen and oxygen atoms in total. The minimum absolute atomic E-state index is 0.00623. The van der Waals surface area contributed by atoms with Crippen LogP contribution >= 0.6 is 11.3 Å². The molecule has 1 heterocycles. The van der Waals surface area contributed by atoms with Crippen LogP contribution in [0.1, 0.15) is 5.69 Å². The van der Waals surface area contributed by atoms with Gasteiger partial charge in [-0.15, -0.1) is 11.3 Å². The Hall–Kier alpha value is -1.39. The van der Waals surface area contributed by atoms with E-state index in [9.17, 15) is 0 Å². The molecule has 1 aromatic heterocycles. The Morgan fingerprint density at radius 3 is 2.44 bits per heavy atom. The second kappa shape index (κ2) is 4.63. The van der Waals surface area contributed by atoms with Gasteiger partial charge >= 0.3 is 0 Å². The van der Waals surface area contributed by atoms with Crippen LogP contribution in [0.3, 0.4) is 0 Å². The molecule has 2 aromatic rings. The Morgan fingerprint density at radius 1 is 1.25 bits per heavy atom. The summed E-state index contributed by atoms with van der Waals surface area (Å²) in [5, 5.41) is 11.8. The van der Waals surface area contributed by atoms with Crippen LogP contribution in [0.25, 0.3) is 10.6 Å². The zero-order valence-electron chi connectivity index (χ0n) is 9.34. The van der Waals surface area contributed by atoms with Gasteiger partial charge in [0.25, 0.3) is 0 Å². The monoisotopic (exact) mass is 234 g/mol. The van der Waals surface area contributed by atoms with E-state index in [2.05, 4.69) is 34.1 Å². The van der Waals surface area contributed by atoms with E-state index in [1.54, 1.807) is 11.3 Å². The van der Waals surface area contributed by atoms with E-state index < -0.39 is 0 Å². The predicted molar refractivity (Wildman–Crippen MR) is 67.8 cm³/mol. The smallest absolute Gasteiger partial charge is 0.123 e. The summed E-state index contributed by atoms with van der Waals surface area (Å²) in [6.07, 6.45) is 0. The number of aliphatic hydroxyl groups is 1. The van der Waals surface area contributed by atoms with Crippen LogP contribution in [0.15, 0.2) is 29.6 Å². The number of anilines is 1. The molecule has 16 heavy (non-hydrogen) atoms. The number of aromatic nitrogens is 1. The number of thiazole rings is 1. The van der Waals surface area contributed by atoms with Gasteiger partial charge in [-0.3, -0.25) is 0 Å². The fourth-order valence-corrected chi connectivity index (χ4v) is 2.23. The van der Waals surface area contributed by atoms with Crippen molar-refractivity contribution in [3.8, 4) is 10.6 Å². The molecule has 0 atom stereocenters. The number of hydrogen-bond donors (Lipinski definition) is 1. The first kappa shape index (κ1) is 11.1. The molecule has 1 aromatic carbocycles. The van der Waals surface area contributed by atoms with Crippen LogP contribution in [-0.2, 0) is 6.61 Å². The van der Waals surface area contributed by atoms with Crippen molar-refractivity contribution in [1.82, 2.24) is 4.98 Å². The highest BCUT2D eigenvalue weighted by atomic mass is 32.1. The van der Waals surface area contributed by atoms with Crippen LogP contribution < -0.4 is 4.90 Å². The molecular formula is C12H14N2OS. The average molecular weight is 234 g/mol. The van der Waals surface area contributed by atoms with Gasteiger partial charge in [-0.1, -0.05) is 0 Å². The molecule has 0 spiro atoms. The predicted octanol–water partition coefficient (Wildman–Crippen LogP) is 2.37. The lowest BCUT2D eigenvalue weighted by Gasteiger charge is -2.11. The van der Waals surface area contributed by atoms with Crippen LogP contribution in [0.2, 0.25) is 0 Å². The first-order chi connectivity index (χ1) is 7.70. The average Bonchev–Trinajstić information content (AvgIpc) is 2.77. The second-order valence-corrected chi connectivity index (χ2v) is 4.60. The van der Waals surface area contributed by atoms with Crippen LogP contribution in [-0.4, -0.2) is 24.2 Å². The number of benzene rings is 1. The lowest BCUT2D eigenvalue weighted by atomic mass is 10.2. The Morgan fingerprint density at radius 2 is 1.94 bits per heavy atom. The van der Waals surface area contributed by atoms with Crippen molar-refractivity contribution in [1.29, 1.82) is 0 Å². The summed E-state index contributed by atoms with van der Waals surface area (Å²) < 4.78 is 0. The van der Waals surface area contributed by atoms with Gasteiger partial charge in [0.1, 0.15) is 5.01 Å².